The van der Waals surface area contributed by atoms with E-state index in [-0.39, 0.29) is 33.6 Å². The number of aliphatic hydroxyl groups excluding tert-OH is 2. The van der Waals surface area contributed by atoms with E-state index in [9.17, 15) is 35.2 Å². The second-order valence-electron chi connectivity index (χ2n) is 6.46. The van der Waals surface area contributed by atoms with E-state index in [1.807, 2.05) is 0 Å². The van der Waals surface area contributed by atoms with Gasteiger partial charge in [-0.25, -0.2) is 0 Å². The summed E-state index contributed by atoms with van der Waals surface area (Å²) in [6, 6.07) is 16.1. The Bertz CT molecular complexity index is 1060. The molecule has 9 nitrogen and oxygen atoms in total. The first-order valence-electron chi connectivity index (χ1n) is 8.77. The van der Waals surface area contributed by atoms with Crippen LogP contribution in [0.15, 0.2) is 77.6 Å². The second-order valence-corrected chi connectivity index (χ2v) is 6.46. The Balaban J connectivity index is 1.99. The van der Waals surface area contributed by atoms with Gasteiger partial charge >= 0.3 is 0 Å². The average Bonchev–Trinajstić information content (AvgIpc) is 2.94. The molecule has 0 radical (unpaired) electrons. The maximum atomic E-state index is 13.0. The van der Waals surface area contributed by atoms with Crippen LogP contribution in [0.5, 0.6) is 0 Å². The minimum Gasteiger partial charge on any atom is -0.384 e. The summed E-state index contributed by atoms with van der Waals surface area (Å²) < 4.78 is 0. The maximum Gasteiger partial charge on any atom is 0.269 e. The van der Waals surface area contributed by atoms with Crippen LogP contribution < -0.4 is 5.43 Å². The fraction of sp³-hybridized carbons (Fsp3) is 0.0952. The first-order valence-corrected chi connectivity index (χ1v) is 8.77. The molecular formula is C21H16N2O7. The third kappa shape index (κ3) is 4.22. The van der Waals surface area contributed by atoms with Crippen LogP contribution in [-0.2, 0) is 0 Å². The molecule has 3 aromatic carbocycles. The average molecular weight is 408 g/mol. The van der Waals surface area contributed by atoms with E-state index < -0.39 is 27.5 Å². The van der Waals surface area contributed by atoms with E-state index >= 15 is 0 Å². The number of hydrogen-bond acceptors (Lipinski definition) is 7. The zero-order chi connectivity index (χ0) is 21.8. The quantitative estimate of drug-likeness (QED) is 0.471. The molecule has 0 spiro atoms. The Morgan fingerprint density at radius 2 is 0.967 bits per heavy atom. The highest BCUT2D eigenvalue weighted by atomic mass is 16.6. The molecule has 3 aromatic rings. The third-order valence-corrected chi connectivity index (χ3v) is 4.62. The van der Waals surface area contributed by atoms with Crippen LogP contribution in [-0.4, -0.2) is 20.1 Å². The van der Waals surface area contributed by atoms with Gasteiger partial charge in [0, 0.05) is 35.4 Å². The lowest BCUT2D eigenvalue weighted by atomic mass is 9.97. The molecule has 0 aromatic heterocycles. The van der Waals surface area contributed by atoms with E-state index in [0.29, 0.717) is 0 Å². The van der Waals surface area contributed by atoms with Gasteiger partial charge in [-0.15, -0.1) is 0 Å². The van der Waals surface area contributed by atoms with Gasteiger partial charge in [0.1, 0.15) is 12.2 Å². The van der Waals surface area contributed by atoms with Crippen molar-refractivity contribution in [2.24, 2.45) is 0 Å². The number of non-ortho nitro benzene ring substituents is 2. The molecule has 2 N–H and O–H groups in total. The van der Waals surface area contributed by atoms with Gasteiger partial charge < -0.3 is 10.2 Å². The number of nitro benzene ring substituents is 2. The maximum absolute atomic E-state index is 13.0. The first-order chi connectivity index (χ1) is 14.3. The number of aliphatic hydroxyl groups is 2. The van der Waals surface area contributed by atoms with Crippen LogP contribution in [0.4, 0.5) is 11.4 Å². The van der Waals surface area contributed by atoms with Crippen molar-refractivity contribution in [1.29, 1.82) is 0 Å². The van der Waals surface area contributed by atoms with E-state index in [0.717, 1.165) is 0 Å². The molecule has 0 fully saturated rings. The second kappa shape index (κ2) is 8.60. The minimum absolute atomic E-state index is 0.0233. The lowest BCUT2D eigenvalue weighted by Crippen LogP contribution is -2.19. The van der Waals surface area contributed by atoms with Crippen molar-refractivity contribution in [3.8, 4) is 0 Å². The van der Waals surface area contributed by atoms with Gasteiger partial charge in [0.15, 0.2) is 5.43 Å². The lowest BCUT2D eigenvalue weighted by Gasteiger charge is -2.13. The summed E-state index contributed by atoms with van der Waals surface area (Å²) in [5, 5.41) is 42.9. The molecule has 0 saturated heterocycles. The van der Waals surface area contributed by atoms with Crippen LogP contribution in [0, 0.1) is 20.2 Å². The Labute approximate surface area is 169 Å². The molecule has 0 aliphatic carbocycles. The monoisotopic (exact) mass is 408 g/mol. The Kier molecular flexibility index (Phi) is 5.95. The highest BCUT2D eigenvalue weighted by Crippen LogP contribution is 2.25. The zero-order valence-corrected chi connectivity index (χ0v) is 15.4. The largest absolute Gasteiger partial charge is 0.384 e. The molecule has 3 rings (SSSR count). The van der Waals surface area contributed by atoms with Crippen LogP contribution in [0.3, 0.4) is 0 Å². The number of nitro groups is 2. The Morgan fingerprint density at radius 3 is 1.27 bits per heavy atom. The fourth-order valence-corrected chi connectivity index (χ4v) is 2.98. The summed E-state index contributed by atoms with van der Waals surface area (Å²) >= 11 is 0. The molecular weight excluding hydrogens is 392 g/mol. The van der Waals surface area contributed by atoms with Crippen LogP contribution in [0.25, 0.3) is 0 Å². The predicted molar refractivity (Wildman–Crippen MR) is 107 cm³/mol. The van der Waals surface area contributed by atoms with E-state index in [1.54, 1.807) is 0 Å². The highest BCUT2D eigenvalue weighted by molar-refractivity contribution is 5.40. The molecule has 0 heterocycles. The van der Waals surface area contributed by atoms with Gasteiger partial charge in [-0.2, -0.15) is 0 Å². The number of rotatable bonds is 6. The summed E-state index contributed by atoms with van der Waals surface area (Å²) in [5.74, 6) is 0. The van der Waals surface area contributed by atoms with Crippen molar-refractivity contribution in [2.45, 2.75) is 12.2 Å². The van der Waals surface area contributed by atoms with E-state index in [1.165, 1.54) is 72.8 Å². The normalized spacial score (nSPS) is 12.7. The summed E-state index contributed by atoms with van der Waals surface area (Å²) in [7, 11) is 0. The first kappa shape index (κ1) is 20.8. The van der Waals surface area contributed by atoms with Crippen LogP contribution in [0.2, 0.25) is 0 Å². The molecule has 0 saturated carbocycles. The summed E-state index contributed by atoms with van der Waals surface area (Å²) in [6.45, 7) is 0. The molecule has 0 unspecified atom stereocenters. The number of benzene rings is 2. The molecule has 152 valence electrons. The van der Waals surface area contributed by atoms with Gasteiger partial charge in [0.2, 0.25) is 0 Å². The van der Waals surface area contributed by atoms with Gasteiger partial charge in [0.05, 0.1) is 9.85 Å². The van der Waals surface area contributed by atoms with Gasteiger partial charge in [0.25, 0.3) is 11.4 Å². The lowest BCUT2D eigenvalue weighted by molar-refractivity contribution is -0.385. The number of hydrogen-bond donors (Lipinski definition) is 2. The molecule has 30 heavy (non-hydrogen) atoms. The van der Waals surface area contributed by atoms with E-state index in [4.69, 9.17) is 0 Å². The highest BCUT2D eigenvalue weighted by Gasteiger charge is 2.20. The third-order valence-electron chi connectivity index (χ3n) is 4.62. The Hall–Kier alpha value is -3.95. The molecule has 0 bridgehead atoms. The van der Waals surface area contributed by atoms with Gasteiger partial charge in [-0.05, 0) is 35.4 Å². The van der Waals surface area contributed by atoms with Crippen molar-refractivity contribution in [2.75, 3.05) is 0 Å². The van der Waals surface area contributed by atoms with Crippen molar-refractivity contribution < 1.29 is 20.1 Å². The summed E-state index contributed by atoms with van der Waals surface area (Å²) in [6.07, 6.45) is -2.73. The molecule has 0 aliphatic heterocycles. The number of nitrogens with zero attached hydrogens (tertiary/aromatic N) is 2. The van der Waals surface area contributed by atoms with Gasteiger partial charge in [-0.1, -0.05) is 24.3 Å². The Morgan fingerprint density at radius 1 is 0.633 bits per heavy atom. The van der Waals surface area contributed by atoms with Gasteiger partial charge in [-0.3, -0.25) is 25.0 Å². The molecule has 0 aliphatic rings. The van der Waals surface area contributed by atoms with Crippen LogP contribution in [0.1, 0.15) is 34.5 Å². The topological polar surface area (TPSA) is 144 Å². The SMILES string of the molecule is O=c1c([C@H](O)c2ccc([N+](=O)[O-])cc2)ccccc1[C@@H](O)c1ccc([N+](=O)[O-])cc1. The van der Waals surface area contributed by atoms with Crippen molar-refractivity contribution in [1.82, 2.24) is 0 Å². The van der Waals surface area contributed by atoms with Crippen molar-refractivity contribution >= 4 is 11.4 Å². The van der Waals surface area contributed by atoms with Crippen molar-refractivity contribution in [3.05, 3.63) is 126 Å². The molecule has 2 atom stereocenters. The standard InChI is InChI=1S/C21H16N2O7/c24-19(13-5-9-15(10-6-13)22(27)28)17-3-1-2-4-18(21(17)26)20(25)14-7-11-16(12-8-14)23(29)30/h1-12,19-20,24-25H/t19-,20+. The summed E-state index contributed by atoms with van der Waals surface area (Å²) in [4.78, 5) is 33.4. The van der Waals surface area contributed by atoms with Crippen LogP contribution >= 0.6 is 0 Å². The predicted octanol–water partition coefficient (Wildman–Crippen LogP) is 3.03. The fourth-order valence-electron chi connectivity index (χ4n) is 2.98. The van der Waals surface area contributed by atoms with Crippen molar-refractivity contribution in [3.63, 3.8) is 0 Å². The summed E-state index contributed by atoms with van der Waals surface area (Å²) in [5.41, 5.74) is -0.409. The minimum atomic E-state index is -1.37. The smallest absolute Gasteiger partial charge is 0.269 e. The zero-order valence-electron chi connectivity index (χ0n) is 15.4. The molecule has 9 heteroatoms. The molecule has 0 amide bonds. The van der Waals surface area contributed by atoms with E-state index in [2.05, 4.69) is 0 Å².